The second kappa shape index (κ2) is 1.81. The maximum atomic E-state index is 11.7. The highest BCUT2D eigenvalue weighted by atomic mass is 16.1. The number of hydrogen-bond donors (Lipinski definition) is 1. The average molecular weight is 165 g/mol. The van der Waals surface area contributed by atoms with E-state index in [1.165, 1.54) is 0 Å². The summed E-state index contributed by atoms with van der Waals surface area (Å²) in [5.41, 5.74) is 0.185. The van der Waals surface area contributed by atoms with Gasteiger partial charge in [-0.2, -0.15) is 0 Å². The van der Waals surface area contributed by atoms with Crippen LogP contribution in [0.2, 0.25) is 0 Å². The number of carbonyl (C=O) groups is 1. The van der Waals surface area contributed by atoms with Gasteiger partial charge in [0.1, 0.15) is 0 Å². The fourth-order valence-electron chi connectivity index (χ4n) is 2.87. The minimum absolute atomic E-state index is 0.0289. The average Bonchev–Trinajstić information content (AvgIpc) is 2.26. The molecule has 2 heteroatoms. The van der Waals surface area contributed by atoms with E-state index in [-0.39, 0.29) is 22.5 Å². The Balaban J connectivity index is 2.58. The Hall–Kier alpha value is -0.660. The quantitative estimate of drug-likeness (QED) is 0.586. The molecule has 0 heterocycles. The van der Waals surface area contributed by atoms with E-state index in [1.54, 1.807) is 0 Å². The first-order valence-electron chi connectivity index (χ1n) is 4.54. The van der Waals surface area contributed by atoms with Crippen LogP contribution in [0.4, 0.5) is 0 Å². The summed E-state index contributed by atoms with van der Waals surface area (Å²) in [6.07, 6.45) is 2.01. The molecule has 0 amide bonds. The molecule has 1 N–H and O–H groups in total. The molecule has 2 fully saturated rings. The summed E-state index contributed by atoms with van der Waals surface area (Å²) in [6.45, 7) is 6.28. The molecule has 2 saturated carbocycles. The molecule has 0 aromatic rings. The van der Waals surface area contributed by atoms with E-state index in [9.17, 15) is 4.79 Å². The van der Waals surface area contributed by atoms with Gasteiger partial charge in [-0.15, -0.1) is 0 Å². The Labute approximate surface area is 72.9 Å². The molecule has 2 aliphatic rings. The topological polar surface area (TPSA) is 40.9 Å². The van der Waals surface area contributed by atoms with Crippen LogP contribution in [0.25, 0.3) is 0 Å². The molecule has 2 bridgehead atoms. The zero-order chi connectivity index (χ0) is 9.15. The summed E-state index contributed by atoms with van der Waals surface area (Å²) in [5.74, 6) is 0.332. The maximum Gasteiger partial charge on any atom is 0.183 e. The Morgan fingerprint density at radius 1 is 1.42 bits per heavy atom. The van der Waals surface area contributed by atoms with Crippen molar-refractivity contribution in [3.63, 3.8) is 0 Å². The summed E-state index contributed by atoms with van der Waals surface area (Å²) in [4.78, 5) is 11.7. The molecular formula is C10H15NO. The third-order valence-electron chi connectivity index (χ3n) is 4.32. The largest absolute Gasteiger partial charge is 0.301 e. The normalized spacial score (nSPS) is 44.1. The predicted octanol–water partition coefficient (Wildman–Crippen LogP) is 2.03. The van der Waals surface area contributed by atoms with Crippen LogP contribution in [0.15, 0.2) is 0 Å². The van der Waals surface area contributed by atoms with Crippen molar-refractivity contribution < 1.29 is 4.79 Å². The Morgan fingerprint density at radius 2 is 2.00 bits per heavy atom. The number of fused-ring (bicyclic) bond motifs is 2. The Bertz CT molecular complexity index is 280. The molecule has 0 spiro atoms. The van der Waals surface area contributed by atoms with E-state index < -0.39 is 0 Å². The highest BCUT2D eigenvalue weighted by Gasteiger charge is 2.64. The van der Waals surface area contributed by atoms with E-state index in [1.807, 2.05) is 6.92 Å². The number of nitrogens with one attached hydrogen (secondary N) is 1. The molecule has 0 aliphatic heterocycles. The Kier molecular flexibility index (Phi) is 1.20. The number of hydrogen-bond acceptors (Lipinski definition) is 2. The van der Waals surface area contributed by atoms with Crippen LogP contribution in [-0.2, 0) is 4.79 Å². The van der Waals surface area contributed by atoms with Crippen LogP contribution in [0.1, 0.15) is 33.6 Å². The summed E-state index contributed by atoms with van der Waals surface area (Å²) < 4.78 is 0. The van der Waals surface area contributed by atoms with Crippen molar-refractivity contribution >= 4 is 11.5 Å². The van der Waals surface area contributed by atoms with E-state index in [4.69, 9.17) is 5.41 Å². The van der Waals surface area contributed by atoms with Crippen LogP contribution in [0, 0.1) is 22.2 Å². The van der Waals surface area contributed by atoms with Crippen molar-refractivity contribution in [3.05, 3.63) is 0 Å². The zero-order valence-corrected chi connectivity index (χ0v) is 7.90. The van der Waals surface area contributed by atoms with Gasteiger partial charge in [0.15, 0.2) is 5.78 Å². The summed E-state index contributed by atoms with van der Waals surface area (Å²) >= 11 is 0. The molecule has 12 heavy (non-hydrogen) atoms. The molecular weight excluding hydrogens is 150 g/mol. The number of Topliss-reactive ketones (excluding diaryl/α,β-unsaturated/α-hetero) is 1. The molecule has 0 aromatic heterocycles. The smallest absolute Gasteiger partial charge is 0.183 e. The van der Waals surface area contributed by atoms with Crippen molar-refractivity contribution in [1.82, 2.24) is 0 Å². The first-order valence-corrected chi connectivity index (χ1v) is 4.54. The summed E-state index contributed by atoms with van der Waals surface area (Å²) in [6, 6.07) is 0. The van der Waals surface area contributed by atoms with Gasteiger partial charge in [-0.25, -0.2) is 0 Å². The molecule has 2 atom stereocenters. The first kappa shape index (κ1) is 7.96. The van der Waals surface area contributed by atoms with Crippen LogP contribution >= 0.6 is 0 Å². The molecule has 2 aliphatic carbocycles. The van der Waals surface area contributed by atoms with Gasteiger partial charge in [-0.3, -0.25) is 4.79 Å². The lowest BCUT2D eigenvalue weighted by Gasteiger charge is -2.31. The van der Waals surface area contributed by atoms with Crippen molar-refractivity contribution in [2.75, 3.05) is 0 Å². The van der Waals surface area contributed by atoms with Crippen molar-refractivity contribution in [3.8, 4) is 0 Å². The van der Waals surface area contributed by atoms with Gasteiger partial charge in [0, 0.05) is 11.3 Å². The van der Waals surface area contributed by atoms with Gasteiger partial charge >= 0.3 is 0 Å². The predicted molar refractivity (Wildman–Crippen MR) is 47.3 cm³/mol. The van der Waals surface area contributed by atoms with Crippen molar-refractivity contribution in [2.45, 2.75) is 33.6 Å². The van der Waals surface area contributed by atoms with Crippen LogP contribution in [0.5, 0.6) is 0 Å². The van der Waals surface area contributed by atoms with Gasteiger partial charge in [0.2, 0.25) is 0 Å². The van der Waals surface area contributed by atoms with Gasteiger partial charge in [-0.05, 0) is 18.3 Å². The fourth-order valence-corrected chi connectivity index (χ4v) is 2.87. The van der Waals surface area contributed by atoms with Crippen molar-refractivity contribution in [2.24, 2.45) is 16.7 Å². The van der Waals surface area contributed by atoms with E-state index in [2.05, 4.69) is 13.8 Å². The van der Waals surface area contributed by atoms with E-state index in [0.717, 1.165) is 12.8 Å². The molecule has 0 aromatic carbocycles. The standard InChI is InChI=1S/C10H15NO/c1-9(2)6-4-5-10(9,3)8(12)7(6)11/h6,11H,4-5H2,1-3H3. The lowest BCUT2D eigenvalue weighted by Crippen LogP contribution is -2.33. The Morgan fingerprint density at radius 3 is 2.25 bits per heavy atom. The highest BCUT2D eigenvalue weighted by Crippen LogP contribution is 2.62. The third kappa shape index (κ3) is 0.551. The molecule has 0 saturated heterocycles. The second-order valence-corrected chi connectivity index (χ2v) is 4.89. The molecule has 66 valence electrons. The zero-order valence-electron chi connectivity index (χ0n) is 7.90. The minimum Gasteiger partial charge on any atom is -0.301 e. The molecule has 2 nitrogen and oxygen atoms in total. The highest BCUT2D eigenvalue weighted by molar-refractivity contribution is 6.44. The SMILES string of the molecule is CC12CCC(C(=N)C1=O)C2(C)C. The third-order valence-corrected chi connectivity index (χ3v) is 4.32. The minimum atomic E-state index is -0.227. The summed E-state index contributed by atoms with van der Waals surface area (Å²) in [7, 11) is 0. The lowest BCUT2D eigenvalue weighted by atomic mass is 9.70. The van der Waals surface area contributed by atoms with Crippen molar-refractivity contribution in [1.29, 1.82) is 5.41 Å². The molecule has 2 rings (SSSR count). The molecule has 0 radical (unpaired) electrons. The van der Waals surface area contributed by atoms with E-state index in [0.29, 0.717) is 5.71 Å². The van der Waals surface area contributed by atoms with Crippen LogP contribution in [-0.4, -0.2) is 11.5 Å². The maximum absolute atomic E-state index is 11.7. The second-order valence-electron chi connectivity index (χ2n) is 4.89. The monoisotopic (exact) mass is 165 g/mol. The van der Waals surface area contributed by atoms with Gasteiger partial charge < -0.3 is 5.41 Å². The van der Waals surface area contributed by atoms with Crippen LogP contribution < -0.4 is 0 Å². The fraction of sp³-hybridized carbons (Fsp3) is 0.800. The number of ketones is 1. The first-order chi connectivity index (χ1) is 5.41. The summed E-state index contributed by atoms with van der Waals surface area (Å²) in [5, 5.41) is 7.67. The number of carbonyl (C=O) groups excluding carboxylic acids is 1. The van der Waals surface area contributed by atoms with Gasteiger partial charge in [0.05, 0.1) is 5.71 Å². The number of rotatable bonds is 0. The van der Waals surface area contributed by atoms with E-state index >= 15 is 0 Å². The molecule has 2 unspecified atom stereocenters. The van der Waals surface area contributed by atoms with Gasteiger partial charge in [0.25, 0.3) is 0 Å². The lowest BCUT2D eigenvalue weighted by molar-refractivity contribution is -0.123. The van der Waals surface area contributed by atoms with Gasteiger partial charge in [-0.1, -0.05) is 20.8 Å². The van der Waals surface area contributed by atoms with Crippen LogP contribution in [0.3, 0.4) is 0 Å².